The van der Waals surface area contributed by atoms with Crippen LogP contribution in [0.1, 0.15) is 50.8 Å². The lowest BCUT2D eigenvalue weighted by atomic mass is 10.1. The summed E-state index contributed by atoms with van der Waals surface area (Å²) in [5.41, 5.74) is 1.09. The predicted octanol–water partition coefficient (Wildman–Crippen LogP) is 4.90. The van der Waals surface area contributed by atoms with Crippen molar-refractivity contribution in [1.82, 2.24) is 9.88 Å². The first-order valence-corrected chi connectivity index (χ1v) is 9.76. The highest BCUT2D eigenvalue weighted by Gasteiger charge is 2.33. The maximum Gasteiger partial charge on any atom is 0.413 e. The first-order valence-electron chi connectivity index (χ1n) is 9.76. The largest absolute Gasteiger partial charge is 0.445 e. The number of rotatable bonds is 4. The zero-order valence-electron chi connectivity index (χ0n) is 17.1. The summed E-state index contributed by atoms with van der Waals surface area (Å²) < 4.78 is 10.8. The first kappa shape index (κ1) is 20.6. The Balaban J connectivity index is 1.70. The number of ether oxygens (including phenoxy) is 2. The third-order valence-electron chi connectivity index (χ3n) is 4.51. The van der Waals surface area contributed by atoms with Gasteiger partial charge in [0.15, 0.2) is 0 Å². The lowest BCUT2D eigenvalue weighted by molar-refractivity contribution is 0.0635. The molecular formula is C22H27N3O4. The van der Waals surface area contributed by atoms with Gasteiger partial charge in [-0.25, -0.2) is 14.6 Å². The van der Waals surface area contributed by atoms with E-state index in [-0.39, 0.29) is 18.7 Å². The molecule has 0 spiro atoms. The van der Waals surface area contributed by atoms with Gasteiger partial charge in [0.1, 0.15) is 18.0 Å². The number of nitrogens with one attached hydrogen (secondary N) is 1. The van der Waals surface area contributed by atoms with Crippen LogP contribution in [-0.2, 0) is 16.1 Å². The summed E-state index contributed by atoms with van der Waals surface area (Å²) in [6, 6.07) is 13.0. The van der Waals surface area contributed by atoms with Gasteiger partial charge in [0.2, 0.25) is 0 Å². The highest BCUT2D eigenvalue weighted by atomic mass is 16.6. The van der Waals surface area contributed by atoms with E-state index in [1.807, 2.05) is 36.4 Å². The summed E-state index contributed by atoms with van der Waals surface area (Å²) in [6.45, 7) is 6.21. The minimum absolute atomic E-state index is 0.211. The van der Waals surface area contributed by atoms with E-state index in [2.05, 4.69) is 10.3 Å². The molecule has 1 atom stereocenters. The maximum absolute atomic E-state index is 12.7. The van der Waals surface area contributed by atoms with Gasteiger partial charge in [-0.1, -0.05) is 36.4 Å². The zero-order valence-corrected chi connectivity index (χ0v) is 17.1. The fourth-order valence-corrected chi connectivity index (χ4v) is 3.30. The van der Waals surface area contributed by atoms with E-state index in [0.29, 0.717) is 12.4 Å². The molecule has 0 aliphatic carbocycles. The molecular weight excluding hydrogens is 370 g/mol. The van der Waals surface area contributed by atoms with E-state index >= 15 is 0 Å². The third kappa shape index (κ3) is 5.70. The molecule has 29 heavy (non-hydrogen) atoms. The summed E-state index contributed by atoms with van der Waals surface area (Å²) in [5, 5.41) is 2.71. The predicted molar refractivity (Wildman–Crippen MR) is 109 cm³/mol. The number of anilines is 1. The highest BCUT2D eigenvalue weighted by Crippen LogP contribution is 2.35. The van der Waals surface area contributed by atoms with Crippen molar-refractivity contribution in [3.05, 3.63) is 59.8 Å². The molecule has 1 fully saturated rings. The van der Waals surface area contributed by atoms with Crippen LogP contribution in [0.15, 0.2) is 48.7 Å². The Bertz CT molecular complexity index is 849. The summed E-state index contributed by atoms with van der Waals surface area (Å²) in [4.78, 5) is 30.9. The summed E-state index contributed by atoms with van der Waals surface area (Å²) >= 11 is 0. The van der Waals surface area contributed by atoms with Gasteiger partial charge in [-0.3, -0.25) is 5.32 Å². The average molecular weight is 397 g/mol. The number of carbonyl (C=O) groups excluding carboxylic acids is 2. The van der Waals surface area contributed by atoms with Crippen molar-refractivity contribution in [2.24, 2.45) is 0 Å². The number of pyridine rings is 1. The number of amides is 2. The van der Waals surface area contributed by atoms with Crippen molar-refractivity contribution in [3.63, 3.8) is 0 Å². The van der Waals surface area contributed by atoms with Crippen molar-refractivity contribution in [2.75, 3.05) is 11.9 Å². The Hall–Kier alpha value is -3.09. The lowest BCUT2D eigenvalue weighted by Crippen LogP contribution is -2.32. The number of likely N-dealkylation sites (tertiary alicyclic amines) is 1. The Morgan fingerprint density at radius 3 is 2.66 bits per heavy atom. The van der Waals surface area contributed by atoms with Crippen LogP contribution >= 0.6 is 0 Å². The van der Waals surface area contributed by atoms with Gasteiger partial charge in [-0.05, 0) is 45.2 Å². The fraction of sp³-hybridized carbons (Fsp3) is 0.409. The highest BCUT2D eigenvalue weighted by molar-refractivity contribution is 5.84. The lowest BCUT2D eigenvalue weighted by Gasteiger charge is -2.26. The molecule has 2 aromatic rings. The van der Waals surface area contributed by atoms with Gasteiger partial charge < -0.3 is 14.4 Å². The number of nitrogens with zero attached hydrogens (tertiary/aromatic N) is 2. The number of hydrogen-bond acceptors (Lipinski definition) is 5. The smallest absolute Gasteiger partial charge is 0.413 e. The minimum atomic E-state index is -0.611. The SMILES string of the molecule is CC(C)(C)OC(=O)Nc1ncccc1C1CCCN1C(=O)OCc1ccccc1. The van der Waals surface area contributed by atoms with Crippen molar-refractivity contribution < 1.29 is 19.1 Å². The van der Waals surface area contributed by atoms with E-state index in [4.69, 9.17) is 9.47 Å². The molecule has 7 nitrogen and oxygen atoms in total. The quantitative estimate of drug-likeness (QED) is 0.793. The average Bonchev–Trinajstić information content (AvgIpc) is 3.15. The fourth-order valence-electron chi connectivity index (χ4n) is 3.30. The van der Waals surface area contributed by atoms with E-state index in [1.54, 1.807) is 37.9 Å². The van der Waals surface area contributed by atoms with Gasteiger partial charge in [-0.2, -0.15) is 0 Å². The monoisotopic (exact) mass is 397 g/mol. The van der Waals surface area contributed by atoms with Crippen LogP contribution in [0.5, 0.6) is 0 Å². The van der Waals surface area contributed by atoms with Gasteiger partial charge in [0.25, 0.3) is 0 Å². The number of benzene rings is 1. The molecule has 1 saturated heterocycles. The summed E-state index contributed by atoms with van der Waals surface area (Å²) in [5.74, 6) is 0.398. The van der Waals surface area contributed by atoms with Crippen LogP contribution in [0.3, 0.4) is 0 Å². The van der Waals surface area contributed by atoms with E-state index in [0.717, 1.165) is 24.0 Å². The van der Waals surface area contributed by atoms with E-state index < -0.39 is 11.7 Å². The van der Waals surface area contributed by atoms with Crippen molar-refractivity contribution in [2.45, 2.75) is 51.9 Å². The number of carbonyl (C=O) groups is 2. The first-order chi connectivity index (χ1) is 13.8. The van der Waals surface area contributed by atoms with Gasteiger partial charge in [0, 0.05) is 18.3 Å². The van der Waals surface area contributed by atoms with Crippen LogP contribution in [0.25, 0.3) is 0 Å². The molecule has 2 heterocycles. The molecule has 154 valence electrons. The normalized spacial score (nSPS) is 16.4. The molecule has 3 rings (SSSR count). The summed E-state index contributed by atoms with van der Waals surface area (Å²) in [7, 11) is 0. The van der Waals surface area contributed by atoms with Crippen LogP contribution < -0.4 is 5.32 Å². The number of aromatic nitrogens is 1. The molecule has 1 aromatic heterocycles. The number of hydrogen-bond donors (Lipinski definition) is 1. The molecule has 1 unspecified atom stereocenters. The topological polar surface area (TPSA) is 80.8 Å². The molecule has 0 radical (unpaired) electrons. The van der Waals surface area contributed by atoms with Crippen molar-refractivity contribution >= 4 is 18.0 Å². The second kappa shape index (κ2) is 8.94. The van der Waals surface area contributed by atoms with Crippen LogP contribution in [-0.4, -0.2) is 34.2 Å². The Morgan fingerprint density at radius 1 is 1.17 bits per heavy atom. The zero-order chi connectivity index (χ0) is 20.9. The van der Waals surface area contributed by atoms with E-state index in [9.17, 15) is 9.59 Å². The Labute approximate surface area is 171 Å². The Kier molecular flexibility index (Phi) is 6.36. The molecule has 1 aliphatic rings. The van der Waals surface area contributed by atoms with Gasteiger partial charge in [-0.15, -0.1) is 0 Å². The molecule has 0 saturated carbocycles. The standard InChI is InChI=1S/C22H27N3O4/c1-22(2,3)29-20(26)24-19-17(11-7-13-23-19)18-12-8-14-25(18)21(27)28-15-16-9-5-4-6-10-16/h4-7,9-11,13,18H,8,12,14-15H2,1-3H3,(H,23,24,26). The Morgan fingerprint density at radius 2 is 1.93 bits per heavy atom. The van der Waals surface area contributed by atoms with Gasteiger partial charge in [0.05, 0.1) is 6.04 Å². The van der Waals surface area contributed by atoms with Gasteiger partial charge >= 0.3 is 12.2 Å². The molecule has 1 aliphatic heterocycles. The van der Waals surface area contributed by atoms with Crippen molar-refractivity contribution in [3.8, 4) is 0 Å². The summed E-state index contributed by atoms with van der Waals surface area (Å²) in [6.07, 6.45) is 2.28. The van der Waals surface area contributed by atoms with Crippen LogP contribution in [0.4, 0.5) is 15.4 Å². The molecule has 7 heteroatoms. The van der Waals surface area contributed by atoms with Crippen molar-refractivity contribution in [1.29, 1.82) is 0 Å². The maximum atomic E-state index is 12.7. The third-order valence-corrected chi connectivity index (χ3v) is 4.51. The van der Waals surface area contributed by atoms with Crippen LogP contribution in [0, 0.1) is 0 Å². The molecule has 1 aromatic carbocycles. The minimum Gasteiger partial charge on any atom is -0.445 e. The van der Waals surface area contributed by atoms with E-state index in [1.165, 1.54) is 0 Å². The molecule has 0 bridgehead atoms. The second-order valence-corrected chi connectivity index (χ2v) is 7.96. The molecule has 1 N–H and O–H groups in total. The molecule has 2 amide bonds. The second-order valence-electron chi connectivity index (χ2n) is 7.96. The van der Waals surface area contributed by atoms with Crippen LogP contribution in [0.2, 0.25) is 0 Å².